The van der Waals surface area contributed by atoms with Crippen LogP contribution in [0.5, 0.6) is 0 Å². The third-order valence-electron chi connectivity index (χ3n) is 10.1. The number of hydrogen-bond donors (Lipinski definition) is 5. The maximum absolute atomic E-state index is 12.9. The Hall–Kier alpha value is -0.160. The van der Waals surface area contributed by atoms with Crippen molar-refractivity contribution >= 4 is 16.3 Å². The Morgan fingerprint density at radius 1 is 0.759 bits per heavy atom. The van der Waals surface area contributed by atoms with Crippen LogP contribution in [-0.4, -0.2) is 95.4 Å². The minimum atomic E-state index is -5.28. The fourth-order valence-corrected chi connectivity index (χ4v) is 7.26. The van der Waals surface area contributed by atoms with Crippen LogP contribution in [-0.2, 0) is 28.9 Å². The van der Waals surface area contributed by atoms with E-state index < -0.39 is 59.9 Å². The van der Waals surface area contributed by atoms with Crippen LogP contribution < -0.4 is 34.9 Å². The van der Waals surface area contributed by atoms with Gasteiger partial charge in [-0.15, -0.1) is 0 Å². The van der Waals surface area contributed by atoms with Crippen molar-refractivity contribution in [2.45, 2.75) is 224 Å². The molecule has 0 aromatic carbocycles. The van der Waals surface area contributed by atoms with E-state index in [4.69, 9.17) is 9.47 Å². The molecule has 0 spiro atoms. The number of aliphatic hydroxyl groups is 4. The molecule has 14 heteroatoms. The van der Waals surface area contributed by atoms with Crippen LogP contribution in [0.15, 0.2) is 12.2 Å². The van der Waals surface area contributed by atoms with Crippen LogP contribution in [0, 0.1) is 0 Å². The molecule has 5 N–H and O–H groups in total. The zero-order chi connectivity index (χ0) is 39.2. The van der Waals surface area contributed by atoms with E-state index >= 15 is 0 Å². The van der Waals surface area contributed by atoms with Crippen molar-refractivity contribution in [3.8, 4) is 0 Å². The normalized spacial score (nSPS) is 21.6. The number of ether oxygens (including phenoxy) is 2. The Morgan fingerprint density at radius 3 is 1.65 bits per heavy atom. The summed E-state index contributed by atoms with van der Waals surface area (Å²) in [5.41, 5.74) is 0. The number of allylic oxidation sites excluding steroid dienone is 1. The number of unbranched alkanes of at least 4 members (excludes halogenated alkanes) is 23. The smallest absolute Gasteiger partial charge is 0.726 e. The van der Waals surface area contributed by atoms with Gasteiger partial charge in [0.2, 0.25) is 16.3 Å². The van der Waals surface area contributed by atoms with Gasteiger partial charge >= 0.3 is 29.6 Å². The van der Waals surface area contributed by atoms with E-state index in [0.717, 1.165) is 38.5 Å². The second-order valence-corrected chi connectivity index (χ2v) is 15.9. The zero-order valence-electron chi connectivity index (χ0n) is 34.0. The largest absolute Gasteiger partial charge is 1.00 e. The number of aliphatic hydroxyl groups excluding tert-OH is 4. The number of carbonyl (C=O) groups is 1. The molecule has 314 valence electrons. The number of hydrogen-bond acceptors (Lipinski definition) is 11. The van der Waals surface area contributed by atoms with Crippen molar-refractivity contribution < 1.29 is 81.4 Å². The molecule has 1 fully saturated rings. The molecule has 7 atom stereocenters. The minimum absolute atomic E-state index is 0. The number of nitrogens with one attached hydrogen (secondary N) is 1. The third kappa shape index (κ3) is 27.5. The average Bonchev–Trinajstić information content (AvgIpc) is 3.12. The third-order valence-corrected chi connectivity index (χ3v) is 10.5. The van der Waals surface area contributed by atoms with Gasteiger partial charge in [-0.05, 0) is 19.3 Å². The maximum Gasteiger partial charge on any atom is 1.00 e. The first kappa shape index (κ1) is 53.8. The molecule has 0 saturated carbocycles. The fraction of sp³-hybridized carbons (Fsp3) is 0.925. The topological polar surface area (TPSA) is 195 Å². The summed E-state index contributed by atoms with van der Waals surface area (Å²) >= 11 is 0. The average molecular weight is 802 g/mol. The van der Waals surface area contributed by atoms with E-state index in [1.165, 1.54) is 116 Å². The Kier molecular flexibility index (Phi) is 34.7. The van der Waals surface area contributed by atoms with Crippen molar-refractivity contribution in [1.29, 1.82) is 0 Å². The molecule has 0 unspecified atom stereocenters. The first-order valence-corrected chi connectivity index (χ1v) is 22.4. The van der Waals surface area contributed by atoms with Gasteiger partial charge in [0.05, 0.1) is 25.4 Å². The van der Waals surface area contributed by atoms with Crippen molar-refractivity contribution in [3.05, 3.63) is 12.2 Å². The molecule has 54 heavy (non-hydrogen) atoms. The first-order chi connectivity index (χ1) is 25.5. The summed E-state index contributed by atoms with van der Waals surface area (Å²) in [5, 5.41) is 44.5. The number of rotatable bonds is 35. The summed E-state index contributed by atoms with van der Waals surface area (Å²) < 4.78 is 48.7. The van der Waals surface area contributed by atoms with Crippen LogP contribution in [0.25, 0.3) is 0 Å². The molecule has 1 aliphatic heterocycles. The van der Waals surface area contributed by atoms with E-state index in [-0.39, 0.29) is 48.5 Å². The summed E-state index contributed by atoms with van der Waals surface area (Å²) in [7, 11) is -5.28. The van der Waals surface area contributed by atoms with Crippen LogP contribution >= 0.6 is 0 Å². The van der Waals surface area contributed by atoms with E-state index in [1.807, 2.05) is 6.08 Å². The Morgan fingerprint density at radius 2 is 1.20 bits per heavy atom. The second-order valence-electron chi connectivity index (χ2n) is 14.9. The van der Waals surface area contributed by atoms with E-state index in [0.29, 0.717) is 6.42 Å². The molecule has 0 aromatic heterocycles. The van der Waals surface area contributed by atoms with Crippen molar-refractivity contribution in [2.24, 2.45) is 0 Å². The van der Waals surface area contributed by atoms with Crippen molar-refractivity contribution in [2.75, 3.05) is 13.2 Å². The molecule has 1 rings (SSSR count). The molecule has 0 bridgehead atoms. The van der Waals surface area contributed by atoms with Gasteiger partial charge in [-0.2, -0.15) is 0 Å². The first-order valence-electron chi connectivity index (χ1n) is 21.1. The van der Waals surface area contributed by atoms with Crippen LogP contribution in [0.3, 0.4) is 0 Å². The molecule has 1 saturated heterocycles. The van der Waals surface area contributed by atoms with Gasteiger partial charge in [0, 0.05) is 6.42 Å². The Labute approximate surface area is 350 Å². The summed E-state index contributed by atoms with van der Waals surface area (Å²) in [6.45, 7) is 3.30. The second kappa shape index (κ2) is 34.8. The predicted molar refractivity (Wildman–Crippen MR) is 207 cm³/mol. The minimum Gasteiger partial charge on any atom is -0.726 e. The van der Waals surface area contributed by atoms with E-state index in [9.17, 15) is 38.2 Å². The molecule has 12 nitrogen and oxygen atoms in total. The van der Waals surface area contributed by atoms with Crippen LogP contribution in [0.4, 0.5) is 0 Å². The van der Waals surface area contributed by atoms with E-state index in [1.54, 1.807) is 6.08 Å². The summed E-state index contributed by atoms with van der Waals surface area (Å²) in [6.07, 6.45) is 23.9. The molecule has 0 aliphatic carbocycles. The Bertz CT molecular complexity index is 1020. The van der Waals surface area contributed by atoms with Crippen molar-refractivity contribution in [3.63, 3.8) is 0 Å². The summed E-state index contributed by atoms with van der Waals surface area (Å²) in [4.78, 5) is 12.9. The molecular weight excluding hydrogens is 725 g/mol. The molecule has 0 radical (unpaired) electrons. The maximum atomic E-state index is 12.9. The molecular formula is C40H76NNaO11S. The molecule has 1 heterocycles. The van der Waals surface area contributed by atoms with Gasteiger partial charge in [-0.3, -0.25) is 8.98 Å². The predicted octanol–water partition coefficient (Wildman–Crippen LogP) is 3.88. The van der Waals surface area contributed by atoms with Gasteiger partial charge in [0.15, 0.2) is 6.29 Å². The van der Waals surface area contributed by atoms with Gasteiger partial charge < -0.3 is 39.8 Å². The molecule has 0 aromatic rings. The number of amides is 1. The quantitative estimate of drug-likeness (QED) is 0.0205. The summed E-state index contributed by atoms with van der Waals surface area (Å²) in [6, 6.07) is -0.922. The zero-order valence-corrected chi connectivity index (χ0v) is 36.9. The standard InChI is InChI=1S/C40H77NO11S.Na/c1-3-5-7-9-11-13-15-17-19-21-23-25-27-29-34(43)33(32-50-40-38(46)37(45)39(35(31-42)51-40)52-53(47,48)49)41-36(44)30-28-26-24-22-20-18-16-14-12-10-8-6-4-2;/h27,29,33-35,37-40,42-43,45-46H,3-26,28,30-32H2,1-2H3,(H,41,44)(H,47,48,49);/q;+1/p-1/b29-27+;/t33-,34+,35-,37+,38-,39+,40+;/m0./s1. The molecule has 1 amide bonds. The Balaban J connectivity index is 0.0000281. The van der Waals surface area contributed by atoms with Crippen LogP contribution in [0.1, 0.15) is 181 Å². The monoisotopic (exact) mass is 802 g/mol. The fourth-order valence-electron chi connectivity index (χ4n) is 6.75. The molecule has 1 aliphatic rings. The van der Waals surface area contributed by atoms with Gasteiger partial charge in [0.25, 0.3) is 0 Å². The van der Waals surface area contributed by atoms with Gasteiger partial charge in [-0.25, -0.2) is 8.42 Å². The summed E-state index contributed by atoms with van der Waals surface area (Å²) in [5.74, 6) is -0.257. The van der Waals surface area contributed by atoms with Crippen molar-refractivity contribution in [1.82, 2.24) is 5.32 Å². The van der Waals surface area contributed by atoms with Crippen LogP contribution in [0.2, 0.25) is 0 Å². The number of carbonyl (C=O) groups excluding carboxylic acids is 1. The van der Waals surface area contributed by atoms with E-state index in [2.05, 4.69) is 23.3 Å². The van der Waals surface area contributed by atoms with Gasteiger partial charge in [0.1, 0.15) is 24.4 Å². The van der Waals surface area contributed by atoms with Gasteiger partial charge in [-0.1, -0.05) is 167 Å². The SMILES string of the molecule is CCCCCCCCCCCCC/C=C/[C@@H](O)[C@H](CO[C@@H]1O[C@@H](CO)[C@@H](OS(=O)(=O)[O-])[C@H](O)[C@@H]1O)NC(=O)CCCCCCCCCCCCCCC.[Na+].